The van der Waals surface area contributed by atoms with Crippen molar-refractivity contribution in [3.8, 4) is 0 Å². The molecule has 8 nitrogen and oxygen atoms in total. The highest BCUT2D eigenvalue weighted by Gasteiger charge is 2.40. The van der Waals surface area contributed by atoms with Crippen LogP contribution in [0.25, 0.3) is 0 Å². The van der Waals surface area contributed by atoms with Gasteiger partial charge in [0.25, 0.3) is 0 Å². The number of ether oxygens (including phenoxy) is 1. The van der Waals surface area contributed by atoms with E-state index in [0.29, 0.717) is 5.69 Å². The van der Waals surface area contributed by atoms with Crippen LogP contribution in [-0.4, -0.2) is 51.6 Å². The van der Waals surface area contributed by atoms with Gasteiger partial charge >= 0.3 is 5.97 Å². The second kappa shape index (κ2) is 7.21. The maximum atomic E-state index is 11.7. The van der Waals surface area contributed by atoms with Crippen molar-refractivity contribution in [1.29, 1.82) is 0 Å². The van der Waals surface area contributed by atoms with E-state index in [1.165, 1.54) is 0 Å². The van der Waals surface area contributed by atoms with E-state index in [4.69, 9.17) is 4.74 Å². The Morgan fingerprint density at radius 2 is 2.00 bits per heavy atom. The Kier molecular flexibility index (Phi) is 5.31. The van der Waals surface area contributed by atoms with Crippen molar-refractivity contribution in [2.45, 2.75) is 37.3 Å². The standard InChI is InChI=1S/C14H18N2O6/c17-9(13(20)11-6-10(18)14(21)22-11)7-12(19)16-15-8-4-2-1-3-5-8/h1-5,9-11,13,15,17-18,20H,6-7H2,(H,16,19)/t9-,10+,11+,13-/m0/s1. The number of hydrogen-bond donors (Lipinski definition) is 5. The first-order chi connectivity index (χ1) is 10.5. The number of carbonyl (C=O) groups excluding carboxylic acids is 2. The number of amides is 1. The van der Waals surface area contributed by atoms with E-state index >= 15 is 0 Å². The molecule has 1 aliphatic rings. The highest BCUT2D eigenvalue weighted by atomic mass is 16.6. The van der Waals surface area contributed by atoms with Crippen molar-refractivity contribution >= 4 is 17.6 Å². The van der Waals surface area contributed by atoms with E-state index in [1.807, 2.05) is 6.07 Å². The van der Waals surface area contributed by atoms with Crippen LogP contribution in [0, 0.1) is 0 Å². The Labute approximate surface area is 126 Å². The van der Waals surface area contributed by atoms with Gasteiger partial charge in [0, 0.05) is 6.42 Å². The number of aliphatic hydroxyl groups excluding tert-OH is 3. The van der Waals surface area contributed by atoms with Crippen molar-refractivity contribution in [2.24, 2.45) is 0 Å². The highest BCUT2D eigenvalue weighted by Crippen LogP contribution is 2.20. The molecule has 22 heavy (non-hydrogen) atoms. The average Bonchev–Trinajstić information content (AvgIpc) is 2.85. The molecule has 0 bridgehead atoms. The fourth-order valence-corrected chi connectivity index (χ4v) is 2.07. The summed E-state index contributed by atoms with van der Waals surface area (Å²) < 4.78 is 4.72. The van der Waals surface area contributed by atoms with Crippen LogP contribution in [0.5, 0.6) is 0 Å². The molecular weight excluding hydrogens is 292 g/mol. The molecule has 0 aliphatic carbocycles. The Morgan fingerprint density at radius 1 is 1.32 bits per heavy atom. The maximum Gasteiger partial charge on any atom is 0.335 e. The Morgan fingerprint density at radius 3 is 2.59 bits per heavy atom. The fourth-order valence-electron chi connectivity index (χ4n) is 2.07. The summed E-state index contributed by atoms with van der Waals surface area (Å²) in [6, 6.07) is 8.87. The van der Waals surface area contributed by atoms with Gasteiger partial charge in [-0.25, -0.2) is 4.79 Å². The fraction of sp³-hybridized carbons (Fsp3) is 0.429. The normalized spacial score (nSPS) is 23.5. The van der Waals surface area contributed by atoms with Crippen molar-refractivity contribution < 1.29 is 29.6 Å². The third kappa shape index (κ3) is 4.17. The summed E-state index contributed by atoms with van der Waals surface area (Å²) in [5.41, 5.74) is 5.70. The maximum absolute atomic E-state index is 11.7. The molecule has 5 N–H and O–H groups in total. The average molecular weight is 310 g/mol. The molecule has 1 saturated heterocycles. The smallest absolute Gasteiger partial charge is 0.335 e. The summed E-state index contributed by atoms with van der Waals surface area (Å²) >= 11 is 0. The topological polar surface area (TPSA) is 128 Å². The quantitative estimate of drug-likeness (QED) is 0.334. The Hall–Kier alpha value is -2.16. The number of nitrogens with one attached hydrogen (secondary N) is 2. The van der Waals surface area contributed by atoms with E-state index in [9.17, 15) is 24.9 Å². The number of cyclic esters (lactones) is 1. The second-order valence-electron chi connectivity index (χ2n) is 5.03. The van der Waals surface area contributed by atoms with Crippen molar-refractivity contribution in [3.63, 3.8) is 0 Å². The molecule has 0 unspecified atom stereocenters. The molecule has 1 fully saturated rings. The second-order valence-corrected chi connectivity index (χ2v) is 5.03. The lowest BCUT2D eigenvalue weighted by molar-refractivity contribution is -0.153. The van der Waals surface area contributed by atoms with Gasteiger partial charge in [0.1, 0.15) is 12.2 Å². The summed E-state index contributed by atoms with van der Waals surface area (Å²) in [5.74, 6) is -1.38. The first-order valence-electron chi connectivity index (χ1n) is 6.82. The number of anilines is 1. The minimum Gasteiger partial charge on any atom is -0.457 e. The lowest BCUT2D eigenvalue weighted by atomic mass is 10.0. The van der Waals surface area contributed by atoms with Gasteiger partial charge in [0.15, 0.2) is 6.10 Å². The van der Waals surface area contributed by atoms with E-state index in [-0.39, 0.29) is 12.8 Å². The van der Waals surface area contributed by atoms with Crippen LogP contribution in [0.2, 0.25) is 0 Å². The van der Waals surface area contributed by atoms with Crippen LogP contribution in [0.4, 0.5) is 5.69 Å². The summed E-state index contributed by atoms with van der Waals surface area (Å²) in [6.07, 6.45) is -5.68. The molecule has 120 valence electrons. The van der Waals surface area contributed by atoms with Gasteiger partial charge < -0.3 is 20.1 Å². The minimum absolute atomic E-state index is 0.110. The molecule has 1 aliphatic heterocycles. The number of hydrogen-bond acceptors (Lipinski definition) is 7. The van der Waals surface area contributed by atoms with Crippen LogP contribution in [0.1, 0.15) is 12.8 Å². The van der Waals surface area contributed by atoms with Gasteiger partial charge in [0.05, 0.1) is 18.2 Å². The largest absolute Gasteiger partial charge is 0.457 e. The zero-order chi connectivity index (χ0) is 16.1. The van der Waals surface area contributed by atoms with Crippen molar-refractivity contribution in [2.75, 3.05) is 5.43 Å². The molecule has 0 aromatic heterocycles. The van der Waals surface area contributed by atoms with Gasteiger partial charge in [-0.05, 0) is 12.1 Å². The number of rotatable bonds is 6. The molecule has 8 heteroatoms. The van der Waals surface area contributed by atoms with E-state index in [2.05, 4.69) is 10.9 Å². The monoisotopic (exact) mass is 310 g/mol. The van der Waals surface area contributed by atoms with Crippen LogP contribution < -0.4 is 10.9 Å². The summed E-state index contributed by atoms with van der Waals surface area (Å²) in [5, 5.41) is 28.9. The number of para-hydroxylation sites is 1. The van der Waals surface area contributed by atoms with Crippen molar-refractivity contribution in [3.05, 3.63) is 30.3 Å². The zero-order valence-electron chi connectivity index (χ0n) is 11.7. The van der Waals surface area contributed by atoms with Gasteiger partial charge in [-0.3, -0.25) is 15.6 Å². The molecule has 0 saturated carbocycles. The highest BCUT2D eigenvalue weighted by molar-refractivity contribution is 5.78. The number of carbonyl (C=O) groups is 2. The molecule has 0 radical (unpaired) electrons. The molecule has 4 atom stereocenters. The number of benzene rings is 1. The van der Waals surface area contributed by atoms with E-state index < -0.39 is 36.3 Å². The molecule has 1 amide bonds. The summed E-state index contributed by atoms with van der Waals surface area (Å²) in [6.45, 7) is 0. The van der Waals surface area contributed by atoms with E-state index in [1.54, 1.807) is 24.3 Å². The van der Waals surface area contributed by atoms with Gasteiger partial charge in [0.2, 0.25) is 5.91 Å². The van der Waals surface area contributed by atoms with Gasteiger partial charge in [-0.1, -0.05) is 18.2 Å². The van der Waals surface area contributed by atoms with E-state index in [0.717, 1.165) is 0 Å². The first-order valence-corrected chi connectivity index (χ1v) is 6.82. The predicted octanol–water partition coefficient (Wildman–Crippen LogP) is -1.08. The number of esters is 1. The molecular formula is C14H18N2O6. The Bertz CT molecular complexity index is 523. The Balaban J connectivity index is 1.77. The van der Waals surface area contributed by atoms with Crippen molar-refractivity contribution in [1.82, 2.24) is 5.43 Å². The number of aliphatic hydroxyl groups is 3. The van der Waals surface area contributed by atoms with Gasteiger partial charge in [-0.15, -0.1) is 0 Å². The third-order valence-corrected chi connectivity index (χ3v) is 3.28. The summed E-state index contributed by atoms with van der Waals surface area (Å²) in [4.78, 5) is 22.7. The lowest BCUT2D eigenvalue weighted by Crippen LogP contribution is -2.41. The zero-order valence-corrected chi connectivity index (χ0v) is 11.7. The molecule has 0 spiro atoms. The SMILES string of the molecule is O=C(C[C@H](O)[C@H](O)[C@H]1C[C@@H](O)C(=O)O1)NNc1ccccc1. The van der Waals surface area contributed by atoms with Crippen LogP contribution in [-0.2, 0) is 14.3 Å². The number of hydrazine groups is 1. The predicted molar refractivity (Wildman–Crippen MR) is 75.3 cm³/mol. The van der Waals surface area contributed by atoms with Crippen LogP contribution in [0.15, 0.2) is 30.3 Å². The molecule has 1 heterocycles. The third-order valence-electron chi connectivity index (χ3n) is 3.28. The van der Waals surface area contributed by atoms with Crippen LogP contribution in [0.3, 0.4) is 0 Å². The molecule has 2 rings (SSSR count). The molecule has 1 aromatic carbocycles. The lowest BCUT2D eigenvalue weighted by Gasteiger charge is -2.22. The molecule has 1 aromatic rings. The minimum atomic E-state index is -1.44. The van der Waals surface area contributed by atoms with Gasteiger partial charge in [-0.2, -0.15) is 0 Å². The first kappa shape index (κ1) is 16.2. The van der Waals surface area contributed by atoms with Crippen LogP contribution >= 0.6 is 0 Å². The summed E-state index contributed by atoms with van der Waals surface area (Å²) in [7, 11) is 0.